The van der Waals surface area contributed by atoms with E-state index in [1.807, 2.05) is 48.7 Å². The molecule has 21 heavy (non-hydrogen) atoms. The first-order chi connectivity index (χ1) is 10.3. The molecule has 0 saturated heterocycles. The van der Waals surface area contributed by atoms with Crippen LogP contribution in [0, 0.1) is 5.92 Å². The lowest BCUT2D eigenvalue weighted by molar-refractivity contribution is 0.0936. The van der Waals surface area contributed by atoms with Crippen LogP contribution in [0.2, 0.25) is 0 Å². The van der Waals surface area contributed by atoms with Gasteiger partial charge in [0.25, 0.3) is 0 Å². The van der Waals surface area contributed by atoms with Crippen molar-refractivity contribution in [3.8, 4) is 0 Å². The molecule has 1 heterocycles. The third-order valence-electron chi connectivity index (χ3n) is 4.33. The zero-order valence-corrected chi connectivity index (χ0v) is 11.6. The second-order valence-electron chi connectivity index (χ2n) is 5.61. The lowest BCUT2D eigenvalue weighted by Crippen LogP contribution is -2.12. The van der Waals surface area contributed by atoms with Crippen LogP contribution < -0.4 is 0 Å². The van der Waals surface area contributed by atoms with Gasteiger partial charge in [0.1, 0.15) is 0 Å². The standard InChI is InChI=1S/C19H15NO/c21-19-15(11-13-5-1-2-7-17(13)19)12-14-9-10-20-18-8-4-3-6-16(14)18/h1-10,15H,11-12H2. The number of Topliss-reactive ketones (excluding diaryl/α,β-unsaturated/α-hetero) is 1. The number of rotatable bonds is 2. The van der Waals surface area contributed by atoms with Crippen molar-refractivity contribution in [2.75, 3.05) is 0 Å². The number of carbonyl (C=O) groups excluding carboxylic acids is 1. The normalized spacial score (nSPS) is 17.1. The van der Waals surface area contributed by atoms with Crippen molar-refractivity contribution in [1.82, 2.24) is 4.98 Å². The van der Waals surface area contributed by atoms with Crippen LogP contribution in [-0.4, -0.2) is 10.8 Å². The zero-order chi connectivity index (χ0) is 14.2. The van der Waals surface area contributed by atoms with E-state index in [2.05, 4.69) is 17.1 Å². The Labute approximate surface area is 123 Å². The Balaban J connectivity index is 1.70. The minimum Gasteiger partial charge on any atom is -0.294 e. The molecule has 0 bridgehead atoms. The van der Waals surface area contributed by atoms with Gasteiger partial charge >= 0.3 is 0 Å². The van der Waals surface area contributed by atoms with Crippen LogP contribution in [0.5, 0.6) is 0 Å². The van der Waals surface area contributed by atoms with Crippen molar-refractivity contribution in [2.45, 2.75) is 12.8 Å². The Bertz CT molecular complexity index is 832. The van der Waals surface area contributed by atoms with E-state index >= 15 is 0 Å². The van der Waals surface area contributed by atoms with Gasteiger partial charge in [-0.05, 0) is 36.1 Å². The molecule has 0 fully saturated rings. The largest absolute Gasteiger partial charge is 0.294 e. The molecule has 1 unspecified atom stereocenters. The summed E-state index contributed by atoms with van der Waals surface area (Å²) < 4.78 is 0. The van der Waals surface area contributed by atoms with Crippen molar-refractivity contribution in [3.63, 3.8) is 0 Å². The molecule has 0 saturated carbocycles. The van der Waals surface area contributed by atoms with E-state index < -0.39 is 0 Å². The van der Waals surface area contributed by atoms with Crippen molar-refractivity contribution < 1.29 is 4.79 Å². The SMILES string of the molecule is O=C1c2ccccc2CC1Cc1ccnc2ccccc12. The second-order valence-corrected chi connectivity index (χ2v) is 5.61. The summed E-state index contributed by atoms with van der Waals surface area (Å²) in [5.41, 5.74) is 4.30. The van der Waals surface area contributed by atoms with Gasteiger partial charge in [0.2, 0.25) is 0 Å². The number of hydrogen-bond acceptors (Lipinski definition) is 2. The third-order valence-corrected chi connectivity index (χ3v) is 4.33. The fourth-order valence-corrected chi connectivity index (χ4v) is 3.28. The van der Waals surface area contributed by atoms with Gasteiger partial charge in [-0.25, -0.2) is 0 Å². The Morgan fingerprint density at radius 2 is 1.81 bits per heavy atom. The molecular weight excluding hydrogens is 258 g/mol. The molecule has 0 aliphatic heterocycles. The second kappa shape index (κ2) is 4.81. The summed E-state index contributed by atoms with van der Waals surface area (Å²) in [5.74, 6) is 0.347. The highest BCUT2D eigenvalue weighted by Gasteiger charge is 2.30. The Morgan fingerprint density at radius 1 is 1.00 bits per heavy atom. The van der Waals surface area contributed by atoms with E-state index in [1.54, 1.807) is 0 Å². The van der Waals surface area contributed by atoms with Crippen LogP contribution in [0.4, 0.5) is 0 Å². The van der Waals surface area contributed by atoms with Crippen molar-refractivity contribution in [2.24, 2.45) is 5.92 Å². The molecule has 4 rings (SSSR count). The first-order valence-electron chi connectivity index (χ1n) is 7.27. The third kappa shape index (κ3) is 2.04. The van der Waals surface area contributed by atoms with Gasteiger partial charge in [-0.1, -0.05) is 42.5 Å². The van der Waals surface area contributed by atoms with Crippen LogP contribution >= 0.6 is 0 Å². The van der Waals surface area contributed by atoms with Gasteiger partial charge in [-0.2, -0.15) is 0 Å². The Morgan fingerprint density at radius 3 is 2.71 bits per heavy atom. The highest BCUT2D eigenvalue weighted by Crippen LogP contribution is 2.30. The summed E-state index contributed by atoms with van der Waals surface area (Å²) in [6.07, 6.45) is 3.48. The van der Waals surface area contributed by atoms with Crippen LogP contribution in [0.15, 0.2) is 60.8 Å². The molecule has 1 aliphatic rings. The minimum absolute atomic E-state index is 0.0632. The molecule has 2 aromatic carbocycles. The summed E-state index contributed by atoms with van der Waals surface area (Å²) in [5, 5.41) is 1.16. The lowest BCUT2D eigenvalue weighted by Gasteiger charge is -2.10. The van der Waals surface area contributed by atoms with E-state index in [4.69, 9.17) is 0 Å². The quantitative estimate of drug-likeness (QED) is 0.710. The van der Waals surface area contributed by atoms with E-state index in [0.717, 1.165) is 29.3 Å². The molecule has 0 radical (unpaired) electrons. The highest BCUT2D eigenvalue weighted by atomic mass is 16.1. The number of aromatic nitrogens is 1. The van der Waals surface area contributed by atoms with Crippen LogP contribution in [0.25, 0.3) is 10.9 Å². The fraction of sp³-hybridized carbons (Fsp3) is 0.158. The number of hydrogen-bond donors (Lipinski definition) is 0. The maximum absolute atomic E-state index is 12.5. The number of benzene rings is 2. The Kier molecular flexibility index (Phi) is 2.81. The molecule has 2 nitrogen and oxygen atoms in total. The minimum atomic E-state index is 0.0632. The molecule has 102 valence electrons. The predicted molar refractivity (Wildman–Crippen MR) is 83.4 cm³/mol. The summed E-state index contributed by atoms with van der Waals surface area (Å²) in [7, 11) is 0. The fourth-order valence-electron chi connectivity index (χ4n) is 3.28. The van der Waals surface area contributed by atoms with Gasteiger partial charge in [-0.15, -0.1) is 0 Å². The highest BCUT2D eigenvalue weighted by molar-refractivity contribution is 6.02. The summed E-state index contributed by atoms with van der Waals surface area (Å²) in [4.78, 5) is 16.9. The molecule has 1 aromatic heterocycles. The maximum atomic E-state index is 12.5. The maximum Gasteiger partial charge on any atom is 0.166 e. The predicted octanol–water partition coefficient (Wildman–Crippen LogP) is 3.83. The van der Waals surface area contributed by atoms with E-state index in [-0.39, 0.29) is 11.7 Å². The first-order valence-corrected chi connectivity index (χ1v) is 7.27. The van der Waals surface area contributed by atoms with Crippen molar-refractivity contribution in [1.29, 1.82) is 0 Å². The van der Waals surface area contributed by atoms with Gasteiger partial charge < -0.3 is 0 Å². The van der Waals surface area contributed by atoms with Gasteiger partial charge in [0.15, 0.2) is 5.78 Å². The average molecular weight is 273 g/mol. The van der Waals surface area contributed by atoms with E-state index in [0.29, 0.717) is 0 Å². The summed E-state index contributed by atoms with van der Waals surface area (Å²) in [6, 6.07) is 18.1. The topological polar surface area (TPSA) is 30.0 Å². The summed E-state index contributed by atoms with van der Waals surface area (Å²) in [6.45, 7) is 0. The first kappa shape index (κ1) is 12.3. The molecule has 0 N–H and O–H groups in total. The molecule has 1 aliphatic carbocycles. The summed E-state index contributed by atoms with van der Waals surface area (Å²) >= 11 is 0. The molecule has 1 atom stereocenters. The number of para-hydroxylation sites is 1. The average Bonchev–Trinajstić information content (AvgIpc) is 2.85. The number of ketones is 1. The molecule has 0 amide bonds. The molecule has 2 heteroatoms. The number of pyridine rings is 1. The van der Waals surface area contributed by atoms with Gasteiger partial charge in [-0.3, -0.25) is 9.78 Å². The smallest absolute Gasteiger partial charge is 0.166 e. The number of carbonyl (C=O) groups is 1. The molecule has 3 aromatic rings. The van der Waals surface area contributed by atoms with Crippen LogP contribution in [0.3, 0.4) is 0 Å². The number of fused-ring (bicyclic) bond motifs is 2. The van der Waals surface area contributed by atoms with Crippen molar-refractivity contribution >= 4 is 16.7 Å². The number of nitrogens with zero attached hydrogens (tertiary/aromatic N) is 1. The molecule has 0 spiro atoms. The zero-order valence-electron chi connectivity index (χ0n) is 11.6. The van der Waals surface area contributed by atoms with Crippen LogP contribution in [-0.2, 0) is 12.8 Å². The van der Waals surface area contributed by atoms with Crippen LogP contribution in [0.1, 0.15) is 21.5 Å². The van der Waals surface area contributed by atoms with Gasteiger partial charge in [0.05, 0.1) is 5.52 Å². The van der Waals surface area contributed by atoms with Crippen molar-refractivity contribution in [3.05, 3.63) is 77.5 Å². The lowest BCUT2D eigenvalue weighted by atomic mass is 9.94. The van der Waals surface area contributed by atoms with E-state index in [1.165, 1.54) is 11.1 Å². The van der Waals surface area contributed by atoms with E-state index in [9.17, 15) is 4.79 Å². The molecular formula is C19H15NO. The van der Waals surface area contributed by atoms with Gasteiger partial charge in [0, 0.05) is 23.1 Å². The monoisotopic (exact) mass is 273 g/mol. The Hall–Kier alpha value is -2.48.